The standard InChI is InChI=1S/C24H22N4O2/c25-17-18-6-8-20(9-7-18)23(29)27-12-3-13-28(15-14-27)24(30)26-22-11-10-19-4-1-2-5-21(19)16-22/h1-2,4-11,16H,3,12-15H2,(H,26,30). The van der Waals surface area contributed by atoms with E-state index in [0.29, 0.717) is 43.7 Å². The lowest BCUT2D eigenvalue weighted by atomic mass is 10.1. The van der Waals surface area contributed by atoms with Crippen LogP contribution in [0.3, 0.4) is 0 Å². The van der Waals surface area contributed by atoms with E-state index in [9.17, 15) is 9.59 Å². The molecule has 0 aromatic heterocycles. The average molecular weight is 398 g/mol. The van der Waals surface area contributed by atoms with Gasteiger partial charge >= 0.3 is 6.03 Å². The maximum absolute atomic E-state index is 12.8. The lowest BCUT2D eigenvalue weighted by molar-refractivity contribution is 0.0762. The van der Waals surface area contributed by atoms with Gasteiger partial charge in [0.15, 0.2) is 0 Å². The summed E-state index contributed by atoms with van der Waals surface area (Å²) >= 11 is 0. The van der Waals surface area contributed by atoms with E-state index < -0.39 is 0 Å². The van der Waals surface area contributed by atoms with Crippen molar-refractivity contribution in [1.29, 1.82) is 5.26 Å². The summed E-state index contributed by atoms with van der Waals surface area (Å²) in [6.45, 7) is 2.14. The van der Waals surface area contributed by atoms with Crippen LogP contribution in [-0.4, -0.2) is 47.9 Å². The third-order valence-electron chi connectivity index (χ3n) is 5.33. The normalized spacial score (nSPS) is 14.1. The first kappa shape index (κ1) is 19.5. The number of nitriles is 1. The van der Waals surface area contributed by atoms with Crippen LogP contribution in [0, 0.1) is 11.3 Å². The molecule has 1 heterocycles. The minimum atomic E-state index is -0.155. The number of hydrogen-bond donors (Lipinski definition) is 1. The number of urea groups is 1. The lowest BCUT2D eigenvalue weighted by Gasteiger charge is -2.22. The van der Waals surface area contributed by atoms with E-state index in [1.165, 1.54) is 0 Å². The molecule has 0 unspecified atom stereocenters. The molecule has 6 heteroatoms. The van der Waals surface area contributed by atoms with Crippen molar-refractivity contribution in [3.8, 4) is 6.07 Å². The van der Waals surface area contributed by atoms with Crippen LogP contribution >= 0.6 is 0 Å². The summed E-state index contributed by atoms with van der Waals surface area (Å²) in [4.78, 5) is 29.0. The van der Waals surface area contributed by atoms with E-state index in [0.717, 1.165) is 16.5 Å². The van der Waals surface area contributed by atoms with Crippen LogP contribution in [0.2, 0.25) is 0 Å². The van der Waals surface area contributed by atoms with Crippen molar-refractivity contribution in [3.05, 3.63) is 77.9 Å². The van der Waals surface area contributed by atoms with E-state index in [1.807, 2.05) is 42.5 Å². The van der Waals surface area contributed by atoms with Crippen LogP contribution in [0.1, 0.15) is 22.3 Å². The first-order valence-electron chi connectivity index (χ1n) is 9.98. The van der Waals surface area contributed by atoms with Gasteiger partial charge in [0.2, 0.25) is 0 Å². The predicted octanol–water partition coefficient (Wildman–Crippen LogP) is 4.09. The number of carbonyl (C=O) groups excluding carboxylic acids is 2. The molecule has 4 rings (SSSR count). The Morgan fingerprint density at radius 2 is 1.53 bits per heavy atom. The Labute approximate surface area is 175 Å². The van der Waals surface area contributed by atoms with E-state index in [4.69, 9.17) is 5.26 Å². The maximum Gasteiger partial charge on any atom is 0.321 e. The summed E-state index contributed by atoms with van der Waals surface area (Å²) in [5, 5.41) is 14.1. The van der Waals surface area contributed by atoms with Gasteiger partial charge in [0.1, 0.15) is 0 Å². The Bertz CT molecular complexity index is 1120. The molecule has 30 heavy (non-hydrogen) atoms. The molecule has 150 valence electrons. The van der Waals surface area contributed by atoms with Crippen molar-refractivity contribution in [2.45, 2.75) is 6.42 Å². The molecule has 6 nitrogen and oxygen atoms in total. The molecule has 1 aliphatic heterocycles. The molecule has 0 atom stereocenters. The second-order valence-corrected chi connectivity index (χ2v) is 7.31. The van der Waals surface area contributed by atoms with E-state index >= 15 is 0 Å². The summed E-state index contributed by atoms with van der Waals surface area (Å²) in [6, 6.07) is 22.4. The molecule has 1 aliphatic rings. The second kappa shape index (κ2) is 8.66. The minimum absolute atomic E-state index is 0.0729. The Hall–Kier alpha value is -3.85. The largest absolute Gasteiger partial charge is 0.337 e. The molecule has 3 amide bonds. The monoisotopic (exact) mass is 398 g/mol. The fourth-order valence-electron chi connectivity index (χ4n) is 3.66. The Morgan fingerprint density at radius 1 is 0.833 bits per heavy atom. The molecule has 0 radical (unpaired) electrons. The molecule has 3 aromatic carbocycles. The highest BCUT2D eigenvalue weighted by atomic mass is 16.2. The number of fused-ring (bicyclic) bond motifs is 1. The van der Waals surface area contributed by atoms with Gasteiger partial charge in [-0.2, -0.15) is 5.26 Å². The van der Waals surface area contributed by atoms with Gasteiger partial charge in [-0.3, -0.25) is 4.79 Å². The highest BCUT2D eigenvalue weighted by molar-refractivity contribution is 5.95. The molecule has 1 saturated heterocycles. The Morgan fingerprint density at radius 3 is 2.30 bits per heavy atom. The molecular formula is C24H22N4O2. The summed E-state index contributed by atoms with van der Waals surface area (Å²) in [5.74, 6) is -0.0729. The number of hydrogen-bond acceptors (Lipinski definition) is 3. The lowest BCUT2D eigenvalue weighted by Crippen LogP contribution is -2.39. The maximum atomic E-state index is 12.8. The molecule has 0 saturated carbocycles. The number of carbonyl (C=O) groups is 2. The summed E-state index contributed by atoms with van der Waals surface area (Å²) in [6.07, 6.45) is 0.715. The molecule has 1 fully saturated rings. The predicted molar refractivity (Wildman–Crippen MR) is 116 cm³/mol. The van der Waals surface area contributed by atoms with Gasteiger partial charge in [-0.15, -0.1) is 0 Å². The van der Waals surface area contributed by atoms with Crippen molar-refractivity contribution < 1.29 is 9.59 Å². The van der Waals surface area contributed by atoms with Crippen LogP contribution in [0.15, 0.2) is 66.7 Å². The van der Waals surface area contributed by atoms with Crippen LogP contribution in [0.25, 0.3) is 10.8 Å². The number of anilines is 1. The number of nitrogens with one attached hydrogen (secondary N) is 1. The number of rotatable bonds is 2. The zero-order valence-corrected chi connectivity index (χ0v) is 16.5. The summed E-state index contributed by atoms with van der Waals surface area (Å²) in [5.41, 5.74) is 1.84. The zero-order valence-electron chi connectivity index (χ0n) is 16.5. The molecule has 1 N–H and O–H groups in total. The van der Waals surface area contributed by atoms with Crippen LogP contribution in [0.4, 0.5) is 10.5 Å². The highest BCUT2D eigenvalue weighted by Gasteiger charge is 2.23. The van der Waals surface area contributed by atoms with Gasteiger partial charge in [0.05, 0.1) is 11.6 Å². The van der Waals surface area contributed by atoms with Gasteiger partial charge < -0.3 is 15.1 Å². The molecule has 0 spiro atoms. The van der Waals surface area contributed by atoms with Gasteiger partial charge in [0.25, 0.3) is 5.91 Å². The Balaban J connectivity index is 1.38. The van der Waals surface area contributed by atoms with Crippen LogP contribution < -0.4 is 5.32 Å². The zero-order chi connectivity index (χ0) is 20.9. The van der Waals surface area contributed by atoms with Crippen LogP contribution in [-0.2, 0) is 0 Å². The van der Waals surface area contributed by atoms with Gasteiger partial charge in [-0.05, 0) is 53.6 Å². The van der Waals surface area contributed by atoms with E-state index in [-0.39, 0.29) is 11.9 Å². The highest BCUT2D eigenvalue weighted by Crippen LogP contribution is 2.19. The first-order chi connectivity index (χ1) is 14.6. The average Bonchev–Trinajstić information content (AvgIpc) is 3.05. The van der Waals surface area contributed by atoms with Gasteiger partial charge in [-0.25, -0.2) is 4.79 Å². The number of nitrogens with zero attached hydrogens (tertiary/aromatic N) is 3. The minimum Gasteiger partial charge on any atom is -0.337 e. The van der Waals surface area contributed by atoms with Crippen molar-refractivity contribution >= 4 is 28.4 Å². The summed E-state index contributed by atoms with van der Waals surface area (Å²) < 4.78 is 0. The smallest absolute Gasteiger partial charge is 0.321 e. The molecule has 0 aliphatic carbocycles. The number of amides is 3. The van der Waals surface area contributed by atoms with Crippen molar-refractivity contribution in [3.63, 3.8) is 0 Å². The van der Waals surface area contributed by atoms with Crippen molar-refractivity contribution in [2.75, 3.05) is 31.5 Å². The van der Waals surface area contributed by atoms with E-state index in [1.54, 1.807) is 34.1 Å². The summed E-state index contributed by atoms with van der Waals surface area (Å²) in [7, 11) is 0. The molecule has 3 aromatic rings. The van der Waals surface area contributed by atoms with Gasteiger partial charge in [0, 0.05) is 37.4 Å². The van der Waals surface area contributed by atoms with Crippen LogP contribution in [0.5, 0.6) is 0 Å². The fourth-order valence-corrected chi connectivity index (χ4v) is 3.66. The topological polar surface area (TPSA) is 76.4 Å². The third-order valence-corrected chi connectivity index (χ3v) is 5.33. The SMILES string of the molecule is N#Cc1ccc(C(=O)N2CCCN(C(=O)Nc3ccc4ccccc4c3)CC2)cc1. The molecule has 0 bridgehead atoms. The van der Waals surface area contributed by atoms with E-state index in [2.05, 4.69) is 11.4 Å². The van der Waals surface area contributed by atoms with Crippen molar-refractivity contribution in [1.82, 2.24) is 9.80 Å². The van der Waals surface area contributed by atoms with Gasteiger partial charge in [-0.1, -0.05) is 30.3 Å². The third kappa shape index (κ3) is 4.26. The number of benzene rings is 3. The Kier molecular flexibility index (Phi) is 5.62. The van der Waals surface area contributed by atoms with Crippen molar-refractivity contribution in [2.24, 2.45) is 0 Å². The molecular weight excluding hydrogens is 376 g/mol. The second-order valence-electron chi connectivity index (χ2n) is 7.31. The first-order valence-corrected chi connectivity index (χ1v) is 9.98. The fraction of sp³-hybridized carbons (Fsp3) is 0.208. The quantitative estimate of drug-likeness (QED) is 0.706.